The highest BCUT2D eigenvalue weighted by molar-refractivity contribution is 8.00. The molecule has 6 heteroatoms. The fourth-order valence-electron chi connectivity index (χ4n) is 1.59. The van der Waals surface area contributed by atoms with E-state index >= 15 is 0 Å². The van der Waals surface area contributed by atoms with Crippen molar-refractivity contribution in [1.29, 1.82) is 0 Å². The SMILES string of the molecule is CC1CCN(C(=O)CSCC(=O)O)CC1O. The first-order valence-electron chi connectivity index (χ1n) is 5.26. The molecule has 0 radical (unpaired) electrons. The summed E-state index contributed by atoms with van der Waals surface area (Å²) in [4.78, 5) is 23.5. The summed E-state index contributed by atoms with van der Waals surface area (Å²) in [5.74, 6) is -0.649. The van der Waals surface area contributed by atoms with Crippen LogP contribution in [-0.2, 0) is 9.59 Å². The number of aliphatic hydroxyl groups is 1. The van der Waals surface area contributed by atoms with Crippen LogP contribution < -0.4 is 0 Å². The molecule has 1 aliphatic rings. The molecule has 0 aromatic heterocycles. The Bertz CT molecular complexity index is 272. The summed E-state index contributed by atoms with van der Waals surface area (Å²) >= 11 is 1.09. The lowest BCUT2D eigenvalue weighted by atomic mass is 9.96. The molecule has 0 bridgehead atoms. The fraction of sp³-hybridized carbons (Fsp3) is 0.800. The van der Waals surface area contributed by atoms with Crippen LogP contribution in [0.4, 0.5) is 0 Å². The molecule has 0 aliphatic carbocycles. The lowest BCUT2D eigenvalue weighted by Gasteiger charge is -2.34. The number of piperidine rings is 1. The highest BCUT2D eigenvalue weighted by atomic mass is 32.2. The second-order valence-electron chi connectivity index (χ2n) is 4.06. The molecule has 1 heterocycles. The molecular formula is C10H17NO4S. The molecule has 1 amide bonds. The summed E-state index contributed by atoms with van der Waals surface area (Å²) in [6, 6.07) is 0. The lowest BCUT2D eigenvalue weighted by molar-refractivity contribution is -0.133. The highest BCUT2D eigenvalue weighted by Gasteiger charge is 2.26. The van der Waals surface area contributed by atoms with E-state index in [1.165, 1.54) is 0 Å². The van der Waals surface area contributed by atoms with E-state index in [9.17, 15) is 14.7 Å². The van der Waals surface area contributed by atoms with Crippen LogP contribution in [-0.4, -0.2) is 57.7 Å². The number of carbonyl (C=O) groups is 2. The van der Waals surface area contributed by atoms with Gasteiger partial charge in [0.2, 0.25) is 5.91 Å². The molecule has 1 aliphatic heterocycles. The summed E-state index contributed by atoms with van der Waals surface area (Å²) in [7, 11) is 0. The van der Waals surface area contributed by atoms with Crippen LogP contribution in [0.5, 0.6) is 0 Å². The number of nitrogens with zero attached hydrogens (tertiary/aromatic N) is 1. The van der Waals surface area contributed by atoms with Gasteiger partial charge in [0, 0.05) is 13.1 Å². The number of hydrogen-bond donors (Lipinski definition) is 2. The average Bonchev–Trinajstić information content (AvgIpc) is 2.21. The van der Waals surface area contributed by atoms with E-state index < -0.39 is 12.1 Å². The van der Waals surface area contributed by atoms with Gasteiger partial charge in [-0.15, -0.1) is 11.8 Å². The molecule has 2 N–H and O–H groups in total. The monoisotopic (exact) mass is 247 g/mol. The Labute approximate surface area is 98.8 Å². The van der Waals surface area contributed by atoms with Crippen molar-refractivity contribution < 1.29 is 19.8 Å². The van der Waals surface area contributed by atoms with Gasteiger partial charge in [-0.3, -0.25) is 9.59 Å². The second-order valence-corrected chi connectivity index (χ2v) is 5.05. The number of carbonyl (C=O) groups excluding carboxylic acids is 1. The normalized spacial score (nSPS) is 25.5. The number of likely N-dealkylation sites (tertiary alicyclic amines) is 1. The van der Waals surface area contributed by atoms with Crippen molar-refractivity contribution in [2.75, 3.05) is 24.6 Å². The fourth-order valence-corrected chi connectivity index (χ4v) is 2.23. The number of hydrogen-bond acceptors (Lipinski definition) is 4. The number of β-amino-alcohol motifs (C(OH)–C–C–N with tert-alkyl or cyclic N) is 1. The van der Waals surface area contributed by atoms with Crippen LogP contribution in [0.1, 0.15) is 13.3 Å². The summed E-state index contributed by atoms with van der Waals surface area (Å²) in [5.41, 5.74) is 0. The minimum atomic E-state index is -0.912. The standard InChI is InChI=1S/C10H17NO4S/c1-7-2-3-11(4-8(7)12)9(13)5-16-6-10(14)15/h7-8,12H,2-6H2,1H3,(H,14,15). The van der Waals surface area contributed by atoms with Crippen LogP contribution in [0.15, 0.2) is 0 Å². The van der Waals surface area contributed by atoms with Gasteiger partial charge in [0.05, 0.1) is 17.6 Å². The molecule has 92 valence electrons. The number of aliphatic hydroxyl groups excluding tert-OH is 1. The number of rotatable bonds is 4. The Kier molecular flexibility index (Phi) is 5.08. The average molecular weight is 247 g/mol. The Hall–Kier alpha value is -0.750. The van der Waals surface area contributed by atoms with E-state index in [-0.39, 0.29) is 23.3 Å². The molecule has 2 atom stereocenters. The molecule has 2 unspecified atom stereocenters. The number of carboxylic acid groups (broad SMARTS) is 1. The Morgan fingerprint density at radius 2 is 2.12 bits per heavy atom. The van der Waals surface area contributed by atoms with E-state index in [0.29, 0.717) is 13.1 Å². The van der Waals surface area contributed by atoms with Crippen molar-refractivity contribution in [1.82, 2.24) is 4.90 Å². The van der Waals surface area contributed by atoms with Gasteiger partial charge in [0.1, 0.15) is 0 Å². The summed E-state index contributed by atoms with van der Waals surface area (Å²) in [5, 5.41) is 18.0. The minimum absolute atomic E-state index is 0.0570. The van der Waals surface area contributed by atoms with E-state index in [2.05, 4.69) is 0 Å². The predicted octanol–water partition coefficient (Wildman–Crippen LogP) is 0.0335. The maximum absolute atomic E-state index is 11.6. The molecule has 1 rings (SSSR count). The Morgan fingerprint density at radius 3 is 2.69 bits per heavy atom. The zero-order chi connectivity index (χ0) is 12.1. The van der Waals surface area contributed by atoms with Crippen LogP contribution in [0.3, 0.4) is 0 Å². The zero-order valence-corrected chi connectivity index (χ0v) is 10.1. The van der Waals surface area contributed by atoms with Gasteiger partial charge in [0.25, 0.3) is 0 Å². The first-order chi connectivity index (χ1) is 7.50. The molecule has 1 saturated heterocycles. The molecule has 0 spiro atoms. The minimum Gasteiger partial charge on any atom is -0.481 e. The Morgan fingerprint density at radius 1 is 1.44 bits per heavy atom. The number of aliphatic carboxylic acids is 1. The van der Waals surface area contributed by atoms with E-state index in [4.69, 9.17) is 5.11 Å². The van der Waals surface area contributed by atoms with Gasteiger partial charge in [-0.2, -0.15) is 0 Å². The van der Waals surface area contributed by atoms with Crippen LogP contribution in [0.2, 0.25) is 0 Å². The summed E-state index contributed by atoms with van der Waals surface area (Å²) < 4.78 is 0. The molecule has 16 heavy (non-hydrogen) atoms. The van der Waals surface area contributed by atoms with Crippen molar-refractivity contribution in [3.63, 3.8) is 0 Å². The third-order valence-electron chi connectivity index (χ3n) is 2.72. The third-order valence-corrected chi connectivity index (χ3v) is 3.62. The van der Waals surface area contributed by atoms with Crippen molar-refractivity contribution in [2.45, 2.75) is 19.4 Å². The molecular weight excluding hydrogens is 230 g/mol. The maximum Gasteiger partial charge on any atom is 0.313 e. The Balaban J connectivity index is 2.29. The molecule has 0 aromatic carbocycles. The van der Waals surface area contributed by atoms with E-state index in [1.54, 1.807) is 4.90 Å². The molecule has 0 saturated carbocycles. The largest absolute Gasteiger partial charge is 0.481 e. The topological polar surface area (TPSA) is 77.8 Å². The molecule has 5 nitrogen and oxygen atoms in total. The first-order valence-corrected chi connectivity index (χ1v) is 6.41. The van der Waals surface area contributed by atoms with Crippen molar-refractivity contribution in [3.8, 4) is 0 Å². The highest BCUT2D eigenvalue weighted by Crippen LogP contribution is 2.17. The van der Waals surface area contributed by atoms with Gasteiger partial charge in [0.15, 0.2) is 0 Å². The van der Waals surface area contributed by atoms with Gasteiger partial charge in [-0.25, -0.2) is 0 Å². The predicted molar refractivity (Wildman–Crippen MR) is 61.3 cm³/mol. The number of amides is 1. The number of carboxylic acids is 1. The van der Waals surface area contributed by atoms with Crippen molar-refractivity contribution in [3.05, 3.63) is 0 Å². The van der Waals surface area contributed by atoms with E-state index in [1.807, 2.05) is 6.92 Å². The first kappa shape index (κ1) is 13.3. The maximum atomic E-state index is 11.6. The summed E-state index contributed by atoms with van der Waals surface area (Å²) in [6.45, 7) is 2.99. The third kappa shape index (κ3) is 4.02. The van der Waals surface area contributed by atoms with Crippen molar-refractivity contribution >= 4 is 23.6 Å². The van der Waals surface area contributed by atoms with E-state index in [0.717, 1.165) is 18.2 Å². The quantitative estimate of drug-likeness (QED) is 0.733. The van der Waals surface area contributed by atoms with Crippen molar-refractivity contribution in [2.24, 2.45) is 5.92 Å². The molecule has 0 aromatic rings. The zero-order valence-electron chi connectivity index (χ0n) is 9.26. The second kappa shape index (κ2) is 6.10. The number of thioether (sulfide) groups is 1. The van der Waals surface area contributed by atoms with Gasteiger partial charge >= 0.3 is 5.97 Å². The molecule has 1 fully saturated rings. The van der Waals surface area contributed by atoms with Crippen LogP contribution in [0, 0.1) is 5.92 Å². The van der Waals surface area contributed by atoms with Gasteiger partial charge in [-0.1, -0.05) is 6.92 Å². The lowest BCUT2D eigenvalue weighted by Crippen LogP contribution is -2.46. The summed E-state index contributed by atoms with van der Waals surface area (Å²) in [6.07, 6.45) is 0.346. The van der Waals surface area contributed by atoms with Crippen LogP contribution in [0.25, 0.3) is 0 Å². The van der Waals surface area contributed by atoms with Crippen LogP contribution >= 0.6 is 11.8 Å². The van der Waals surface area contributed by atoms with Gasteiger partial charge < -0.3 is 15.1 Å². The van der Waals surface area contributed by atoms with Gasteiger partial charge in [-0.05, 0) is 12.3 Å². The smallest absolute Gasteiger partial charge is 0.313 e.